The highest BCUT2D eigenvalue weighted by molar-refractivity contribution is 5.85. The van der Waals surface area contributed by atoms with Crippen LogP contribution in [0.1, 0.15) is 50.7 Å². The number of hydrogen-bond donors (Lipinski definition) is 2. The molecule has 210 valence electrons. The Morgan fingerprint density at radius 2 is 1.50 bits per heavy atom. The van der Waals surface area contributed by atoms with E-state index < -0.39 is 5.60 Å². The Morgan fingerprint density at radius 3 is 2.10 bits per heavy atom. The number of hydrogen-bond acceptors (Lipinski definition) is 4. The number of ether oxygens (including phenoxy) is 2. The Labute approximate surface area is 238 Å². The summed E-state index contributed by atoms with van der Waals surface area (Å²) in [6.45, 7) is 10.7. The lowest BCUT2D eigenvalue weighted by Gasteiger charge is -2.34. The number of aromatic nitrogens is 2. The number of nitrogens with zero attached hydrogens (tertiary/aromatic N) is 1. The number of H-pyrrole nitrogens is 1. The molecule has 0 aliphatic rings. The van der Waals surface area contributed by atoms with Crippen LogP contribution in [-0.2, 0) is 20.7 Å². The van der Waals surface area contributed by atoms with Crippen molar-refractivity contribution in [1.29, 1.82) is 0 Å². The minimum Gasteiger partial charge on any atom is -0.378 e. The fourth-order valence-corrected chi connectivity index (χ4v) is 4.51. The van der Waals surface area contributed by atoms with Gasteiger partial charge in [0.05, 0.1) is 24.9 Å². The maximum absolute atomic E-state index is 13.5. The molecule has 1 unspecified atom stereocenters. The predicted molar refractivity (Wildman–Crippen MR) is 161 cm³/mol. The Bertz CT molecular complexity index is 1370. The fraction of sp³-hybridized carbons (Fsp3) is 0.353. The van der Waals surface area contributed by atoms with E-state index in [-0.39, 0.29) is 24.0 Å². The van der Waals surface area contributed by atoms with Crippen molar-refractivity contribution >= 4 is 5.91 Å². The molecule has 0 radical (unpaired) electrons. The number of imidazole rings is 1. The molecular formula is C34H41N3O3. The number of rotatable bonds is 11. The smallest absolute Gasteiger partial charge is 0.254 e. The van der Waals surface area contributed by atoms with Crippen molar-refractivity contribution in [2.75, 3.05) is 20.3 Å². The Kier molecular flexibility index (Phi) is 9.23. The molecule has 6 heteroatoms. The number of carbonyl (C=O) groups is 1. The normalized spacial score (nSPS) is 13.9. The van der Waals surface area contributed by atoms with Crippen LogP contribution < -0.4 is 5.32 Å². The zero-order valence-electron chi connectivity index (χ0n) is 24.5. The predicted octanol–water partition coefficient (Wildman–Crippen LogP) is 6.92. The molecule has 4 aromatic rings. The van der Waals surface area contributed by atoms with Gasteiger partial charge in [0, 0.05) is 18.9 Å². The topological polar surface area (TPSA) is 76.2 Å². The van der Waals surface area contributed by atoms with E-state index in [0.29, 0.717) is 12.4 Å². The van der Waals surface area contributed by atoms with E-state index >= 15 is 0 Å². The number of methoxy groups -OCH3 is 1. The molecule has 6 nitrogen and oxygen atoms in total. The van der Waals surface area contributed by atoms with Gasteiger partial charge in [0.25, 0.3) is 5.91 Å². The zero-order chi connectivity index (χ0) is 28.8. The molecule has 2 atom stereocenters. The molecule has 2 N–H and O–H groups in total. The molecule has 3 aromatic carbocycles. The number of amides is 1. The monoisotopic (exact) mass is 539 g/mol. The molecule has 0 aliphatic heterocycles. The van der Waals surface area contributed by atoms with Crippen molar-refractivity contribution in [2.45, 2.75) is 52.7 Å². The summed E-state index contributed by atoms with van der Waals surface area (Å²) in [5.74, 6) is 0.456. The third-order valence-corrected chi connectivity index (χ3v) is 7.26. The molecule has 0 fully saturated rings. The SMILES string of the molecule is COC(C)(COCCc1ccccc1)C(=O)N[C@H](c1nc(-c2ccc(-c3ccc(C)cc3)cc2)c[nH]1)C(C)(C)C. The summed E-state index contributed by atoms with van der Waals surface area (Å²) in [6, 6.07) is 26.7. The van der Waals surface area contributed by atoms with Crippen molar-refractivity contribution in [2.24, 2.45) is 5.41 Å². The van der Waals surface area contributed by atoms with Gasteiger partial charge >= 0.3 is 0 Å². The summed E-state index contributed by atoms with van der Waals surface area (Å²) < 4.78 is 11.6. The highest BCUT2D eigenvalue weighted by Crippen LogP contribution is 2.33. The van der Waals surface area contributed by atoms with Gasteiger partial charge in [-0.15, -0.1) is 0 Å². The largest absolute Gasteiger partial charge is 0.378 e. The second kappa shape index (κ2) is 12.6. The van der Waals surface area contributed by atoms with Gasteiger partial charge in [0.2, 0.25) is 0 Å². The van der Waals surface area contributed by atoms with Crippen LogP contribution in [0.4, 0.5) is 0 Å². The van der Waals surface area contributed by atoms with Crippen molar-refractivity contribution in [3.05, 3.63) is 102 Å². The summed E-state index contributed by atoms with van der Waals surface area (Å²) in [5.41, 5.74) is 5.16. The van der Waals surface area contributed by atoms with E-state index in [9.17, 15) is 4.79 Å². The third kappa shape index (κ3) is 7.26. The molecule has 0 spiro atoms. The molecule has 40 heavy (non-hydrogen) atoms. The quantitative estimate of drug-likeness (QED) is 0.203. The number of aryl methyl sites for hydroxylation is 1. The lowest BCUT2D eigenvalue weighted by Crippen LogP contribution is -2.52. The molecule has 0 bridgehead atoms. The summed E-state index contributed by atoms with van der Waals surface area (Å²) in [6.07, 6.45) is 2.66. The van der Waals surface area contributed by atoms with E-state index in [2.05, 4.69) is 98.7 Å². The van der Waals surface area contributed by atoms with Gasteiger partial charge in [-0.25, -0.2) is 4.98 Å². The van der Waals surface area contributed by atoms with Crippen molar-refractivity contribution in [3.63, 3.8) is 0 Å². The fourth-order valence-electron chi connectivity index (χ4n) is 4.51. The molecule has 1 amide bonds. The van der Waals surface area contributed by atoms with E-state index in [1.165, 1.54) is 23.8 Å². The number of carbonyl (C=O) groups excluding carboxylic acids is 1. The average Bonchev–Trinajstić information content (AvgIpc) is 3.44. The van der Waals surface area contributed by atoms with Gasteiger partial charge < -0.3 is 19.8 Å². The summed E-state index contributed by atoms with van der Waals surface area (Å²) in [4.78, 5) is 21.7. The summed E-state index contributed by atoms with van der Waals surface area (Å²) in [5, 5.41) is 3.19. The first-order valence-electron chi connectivity index (χ1n) is 13.8. The van der Waals surface area contributed by atoms with Gasteiger partial charge in [-0.2, -0.15) is 0 Å². The first-order valence-corrected chi connectivity index (χ1v) is 13.8. The van der Waals surface area contributed by atoms with Gasteiger partial charge in [-0.05, 0) is 42.4 Å². The van der Waals surface area contributed by atoms with Crippen LogP contribution in [-0.4, -0.2) is 41.8 Å². The van der Waals surface area contributed by atoms with Gasteiger partial charge in [0.15, 0.2) is 5.60 Å². The lowest BCUT2D eigenvalue weighted by molar-refractivity contribution is -0.150. The van der Waals surface area contributed by atoms with Gasteiger partial charge in [0.1, 0.15) is 5.82 Å². The van der Waals surface area contributed by atoms with Crippen LogP contribution in [0.2, 0.25) is 0 Å². The van der Waals surface area contributed by atoms with Crippen LogP contribution in [0, 0.1) is 12.3 Å². The molecule has 0 saturated heterocycles. The second-order valence-corrected chi connectivity index (χ2v) is 11.6. The van der Waals surface area contributed by atoms with Gasteiger partial charge in [-0.1, -0.05) is 105 Å². The number of benzene rings is 3. The van der Waals surface area contributed by atoms with Crippen LogP contribution in [0.5, 0.6) is 0 Å². The molecule has 0 saturated carbocycles. The highest BCUT2D eigenvalue weighted by Gasteiger charge is 2.39. The summed E-state index contributed by atoms with van der Waals surface area (Å²) >= 11 is 0. The molecule has 1 aromatic heterocycles. The minimum atomic E-state index is -1.14. The minimum absolute atomic E-state index is 0.149. The van der Waals surface area contributed by atoms with Crippen LogP contribution in [0.3, 0.4) is 0 Å². The highest BCUT2D eigenvalue weighted by atomic mass is 16.5. The Hall–Kier alpha value is -3.74. The van der Waals surface area contributed by atoms with Crippen molar-refractivity contribution in [1.82, 2.24) is 15.3 Å². The standard InChI is InChI=1S/C34H41N3O3/c1-24-12-14-26(15-13-24)27-16-18-28(19-17-27)29-22-35-31(36-29)30(33(2,3)4)37-32(38)34(5,39-6)23-40-21-20-25-10-8-7-9-11-25/h7-19,22,30H,20-21,23H2,1-6H3,(H,35,36)(H,37,38)/t30-,34?/m1/s1. The third-order valence-electron chi connectivity index (χ3n) is 7.26. The van der Waals surface area contributed by atoms with E-state index in [1.807, 2.05) is 24.4 Å². The van der Waals surface area contributed by atoms with Gasteiger partial charge in [-0.3, -0.25) is 4.79 Å². The summed E-state index contributed by atoms with van der Waals surface area (Å²) in [7, 11) is 1.54. The lowest BCUT2D eigenvalue weighted by atomic mass is 9.85. The Balaban J connectivity index is 1.44. The second-order valence-electron chi connectivity index (χ2n) is 11.6. The first kappa shape index (κ1) is 29.2. The van der Waals surface area contributed by atoms with E-state index in [1.54, 1.807) is 6.92 Å². The van der Waals surface area contributed by atoms with E-state index in [4.69, 9.17) is 14.5 Å². The van der Waals surface area contributed by atoms with Crippen LogP contribution >= 0.6 is 0 Å². The molecule has 0 aliphatic carbocycles. The van der Waals surface area contributed by atoms with Crippen LogP contribution in [0.25, 0.3) is 22.4 Å². The molecule has 4 rings (SSSR count). The zero-order valence-corrected chi connectivity index (χ0v) is 24.5. The first-order chi connectivity index (χ1) is 19.1. The maximum atomic E-state index is 13.5. The average molecular weight is 540 g/mol. The Morgan fingerprint density at radius 1 is 0.900 bits per heavy atom. The van der Waals surface area contributed by atoms with Crippen LogP contribution in [0.15, 0.2) is 85.1 Å². The van der Waals surface area contributed by atoms with Crippen molar-refractivity contribution in [3.8, 4) is 22.4 Å². The number of aromatic amines is 1. The van der Waals surface area contributed by atoms with E-state index in [0.717, 1.165) is 23.2 Å². The van der Waals surface area contributed by atoms with Crippen molar-refractivity contribution < 1.29 is 14.3 Å². The molecule has 1 heterocycles. The number of nitrogens with one attached hydrogen (secondary N) is 2. The maximum Gasteiger partial charge on any atom is 0.254 e. The molecular weight excluding hydrogens is 498 g/mol.